The van der Waals surface area contributed by atoms with Crippen molar-refractivity contribution in [2.75, 3.05) is 19.7 Å². The van der Waals surface area contributed by atoms with Crippen molar-refractivity contribution in [1.29, 1.82) is 0 Å². The molecule has 0 bridgehead atoms. The van der Waals surface area contributed by atoms with Crippen molar-refractivity contribution in [2.45, 2.75) is 33.0 Å². The second kappa shape index (κ2) is 6.76. The maximum Gasteiger partial charge on any atom is 0.254 e. The Bertz CT molecular complexity index is 499. The van der Waals surface area contributed by atoms with Crippen LogP contribution in [0.2, 0.25) is 0 Å². The minimum atomic E-state index is 0.0449. The van der Waals surface area contributed by atoms with Crippen LogP contribution in [0, 0.1) is 0 Å². The van der Waals surface area contributed by atoms with Crippen LogP contribution in [0.1, 0.15) is 31.1 Å². The average Bonchev–Trinajstić information content (AvgIpc) is 2.44. The SMILES string of the molecule is C=C(C)COc1ccc(C(=O)N2C[C@@H](C)O[C@@H](C)C2)cc1. The lowest BCUT2D eigenvalue weighted by Gasteiger charge is -2.35. The predicted octanol–water partition coefficient (Wildman–Crippen LogP) is 2.89. The lowest BCUT2D eigenvalue weighted by molar-refractivity contribution is -0.0586. The average molecular weight is 289 g/mol. The number of ether oxygens (including phenoxy) is 2. The molecule has 1 aromatic rings. The summed E-state index contributed by atoms with van der Waals surface area (Å²) in [5.41, 5.74) is 1.64. The Kier molecular flexibility index (Phi) is 5.02. The van der Waals surface area contributed by atoms with Gasteiger partial charge < -0.3 is 14.4 Å². The van der Waals surface area contributed by atoms with Gasteiger partial charge in [-0.25, -0.2) is 0 Å². The molecule has 0 radical (unpaired) electrons. The van der Waals surface area contributed by atoms with Gasteiger partial charge >= 0.3 is 0 Å². The van der Waals surface area contributed by atoms with Crippen molar-refractivity contribution in [1.82, 2.24) is 4.90 Å². The molecule has 1 aliphatic heterocycles. The summed E-state index contributed by atoms with van der Waals surface area (Å²) in [5.74, 6) is 0.793. The molecule has 1 aliphatic rings. The van der Waals surface area contributed by atoms with Crippen molar-refractivity contribution in [3.63, 3.8) is 0 Å². The van der Waals surface area contributed by atoms with Gasteiger partial charge in [-0.05, 0) is 50.6 Å². The Hall–Kier alpha value is -1.81. The second-order valence-electron chi connectivity index (χ2n) is 5.74. The molecule has 0 spiro atoms. The molecular weight excluding hydrogens is 266 g/mol. The number of rotatable bonds is 4. The van der Waals surface area contributed by atoms with Gasteiger partial charge in [0.1, 0.15) is 12.4 Å². The molecule has 21 heavy (non-hydrogen) atoms. The van der Waals surface area contributed by atoms with Gasteiger partial charge in [-0.3, -0.25) is 4.79 Å². The first-order valence-corrected chi connectivity index (χ1v) is 7.27. The second-order valence-corrected chi connectivity index (χ2v) is 5.74. The number of amides is 1. The summed E-state index contributed by atoms with van der Waals surface area (Å²) in [6.07, 6.45) is 0.159. The summed E-state index contributed by atoms with van der Waals surface area (Å²) >= 11 is 0. The first-order chi connectivity index (χ1) is 9.95. The van der Waals surface area contributed by atoms with Crippen LogP contribution in [-0.2, 0) is 4.74 Å². The van der Waals surface area contributed by atoms with E-state index >= 15 is 0 Å². The van der Waals surface area contributed by atoms with Gasteiger partial charge in [0.15, 0.2) is 0 Å². The number of carbonyl (C=O) groups is 1. The normalized spacial score (nSPS) is 22.0. The Balaban J connectivity index is 2.00. The zero-order valence-corrected chi connectivity index (χ0v) is 13.0. The van der Waals surface area contributed by atoms with Gasteiger partial charge in [0.2, 0.25) is 0 Å². The van der Waals surface area contributed by atoms with E-state index in [1.165, 1.54) is 0 Å². The Labute approximate surface area is 126 Å². The Morgan fingerprint density at radius 2 is 1.86 bits per heavy atom. The largest absolute Gasteiger partial charge is 0.489 e. The van der Waals surface area contributed by atoms with Crippen LogP contribution < -0.4 is 4.74 Å². The summed E-state index contributed by atoms with van der Waals surface area (Å²) in [7, 11) is 0. The quantitative estimate of drug-likeness (QED) is 0.800. The molecule has 0 unspecified atom stereocenters. The highest BCUT2D eigenvalue weighted by Gasteiger charge is 2.26. The number of hydrogen-bond acceptors (Lipinski definition) is 3. The molecule has 1 heterocycles. The monoisotopic (exact) mass is 289 g/mol. The summed E-state index contributed by atoms with van der Waals surface area (Å²) < 4.78 is 11.2. The molecule has 0 N–H and O–H groups in total. The van der Waals surface area contributed by atoms with Crippen LogP contribution in [-0.4, -0.2) is 42.7 Å². The maximum atomic E-state index is 12.5. The third-order valence-electron chi connectivity index (χ3n) is 3.29. The van der Waals surface area contributed by atoms with E-state index in [0.717, 1.165) is 11.3 Å². The van der Waals surface area contributed by atoms with Gasteiger partial charge in [-0.2, -0.15) is 0 Å². The third kappa shape index (κ3) is 4.33. The molecule has 0 aromatic heterocycles. The lowest BCUT2D eigenvalue weighted by Crippen LogP contribution is -2.48. The smallest absolute Gasteiger partial charge is 0.254 e. The fourth-order valence-corrected chi connectivity index (χ4v) is 2.43. The van der Waals surface area contributed by atoms with E-state index in [2.05, 4.69) is 6.58 Å². The van der Waals surface area contributed by atoms with Crippen LogP contribution in [0.15, 0.2) is 36.4 Å². The fourth-order valence-electron chi connectivity index (χ4n) is 2.43. The van der Waals surface area contributed by atoms with Gasteiger partial charge in [0.25, 0.3) is 5.91 Å². The molecule has 114 valence electrons. The van der Waals surface area contributed by atoms with Crippen molar-refractivity contribution < 1.29 is 14.3 Å². The highest BCUT2D eigenvalue weighted by Crippen LogP contribution is 2.17. The molecule has 1 amide bonds. The summed E-state index contributed by atoms with van der Waals surface area (Å²) in [4.78, 5) is 14.3. The van der Waals surface area contributed by atoms with Crippen LogP contribution in [0.25, 0.3) is 0 Å². The standard InChI is InChI=1S/C17H23NO3/c1-12(2)11-20-16-7-5-15(6-8-16)17(19)18-9-13(3)21-14(4)10-18/h5-8,13-14H,1,9-11H2,2-4H3/t13-,14+. The topological polar surface area (TPSA) is 38.8 Å². The first kappa shape index (κ1) is 15.6. The van der Waals surface area contributed by atoms with E-state index in [9.17, 15) is 4.79 Å². The molecule has 2 rings (SSSR count). The fraction of sp³-hybridized carbons (Fsp3) is 0.471. The van der Waals surface area contributed by atoms with Crippen LogP contribution in [0.5, 0.6) is 5.75 Å². The molecular formula is C17H23NO3. The van der Waals surface area contributed by atoms with Gasteiger partial charge in [0, 0.05) is 18.7 Å². The zero-order chi connectivity index (χ0) is 15.4. The van der Waals surface area contributed by atoms with Crippen LogP contribution in [0.4, 0.5) is 0 Å². The summed E-state index contributed by atoms with van der Waals surface area (Å²) in [6.45, 7) is 11.5. The zero-order valence-electron chi connectivity index (χ0n) is 13.0. The van der Waals surface area contributed by atoms with Gasteiger partial charge in [-0.15, -0.1) is 0 Å². The Morgan fingerprint density at radius 1 is 1.29 bits per heavy atom. The maximum absolute atomic E-state index is 12.5. The number of nitrogens with zero attached hydrogens (tertiary/aromatic N) is 1. The number of hydrogen-bond donors (Lipinski definition) is 0. The van der Waals surface area contributed by atoms with Crippen molar-refractivity contribution in [2.24, 2.45) is 0 Å². The highest BCUT2D eigenvalue weighted by atomic mass is 16.5. The van der Waals surface area contributed by atoms with Crippen LogP contribution >= 0.6 is 0 Å². The van der Waals surface area contributed by atoms with Crippen molar-refractivity contribution in [3.8, 4) is 5.75 Å². The molecule has 0 aliphatic carbocycles. The van der Waals surface area contributed by atoms with Crippen LogP contribution in [0.3, 0.4) is 0 Å². The number of benzene rings is 1. The first-order valence-electron chi connectivity index (χ1n) is 7.27. The van der Waals surface area contributed by atoms with E-state index in [-0.39, 0.29) is 18.1 Å². The Morgan fingerprint density at radius 3 is 2.38 bits per heavy atom. The molecule has 1 fully saturated rings. The summed E-state index contributed by atoms with van der Waals surface area (Å²) in [5, 5.41) is 0. The third-order valence-corrected chi connectivity index (χ3v) is 3.29. The highest BCUT2D eigenvalue weighted by molar-refractivity contribution is 5.94. The van der Waals surface area contributed by atoms with E-state index in [1.54, 1.807) is 12.1 Å². The van der Waals surface area contributed by atoms with E-state index in [1.807, 2.05) is 37.8 Å². The summed E-state index contributed by atoms with van der Waals surface area (Å²) in [6, 6.07) is 7.26. The molecule has 1 aromatic carbocycles. The molecule has 0 saturated carbocycles. The van der Waals surface area contributed by atoms with E-state index in [0.29, 0.717) is 25.3 Å². The molecule has 4 nitrogen and oxygen atoms in total. The minimum absolute atomic E-state index is 0.0449. The predicted molar refractivity (Wildman–Crippen MR) is 82.7 cm³/mol. The van der Waals surface area contributed by atoms with Gasteiger partial charge in [-0.1, -0.05) is 6.58 Å². The number of morpholine rings is 1. The lowest BCUT2D eigenvalue weighted by atomic mass is 10.1. The van der Waals surface area contributed by atoms with E-state index < -0.39 is 0 Å². The molecule has 1 saturated heterocycles. The van der Waals surface area contributed by atoms with E-state index in [4.69, 9.17) is 9.47 Å². The van der Waals surface area contributed by atoms with Crippen molar-refractivity contribution >= 4 is 5.91 Å². The van der Waals surface area contributed by atoms with Gasteiger partial charge in [0.05, 0.1) is 12.2 Å². The van der Waals surface area contributed by atoms with Crippen molar-refractivity contribution in [3.05, 3.63) is 42.0 Å². The molecule has 4 heteroatoms. The minimum Gasteiger partial charge on any atom is -0.489 e. The molecule has 2 atom stereocenters. The number of carbonyl (C=O) groups excluding carboxylic acids is 1.